The number of carbonyl (C=O) groups excluding carboxylic acids is 1. The second kappa shape index (κ2) is 13.7. The molecule has 2 aromatic rings. The van der Waals surface area contributed by atoms with E-state index in [2.05, 4.69) is 70.9 Å². The third-order valence-corrected chi connectivity index (χ3v) is 7.75. The van der Waals surface area contributed by atoms with E-state index in [9.17, 15) is 9.90 Å². The van der Waals surface area contributed by atoms with Crippen molar-refractivity contribution in [3.8, 4) is 11.1 Å². The van der Waals surface area contributed by atoms with Crippen LogP contribution in [0.25, 0.3) is 11.1 Å². The summed E-state index contributed by atoms with van der Waals surface area (Å²) in [6.07, 6.45) is 11.8. The highest BCUT2D eigenvalue weighted by molar-refractivity contribution is 5.75. The van der Waals surface area contributed by atoms with Gasteiger partial charge < -0.3 is 15.2 Å². The summed E-state index contributed by atoms with van der Waals surface area (Å²) in [6.45, 7) is 2.70. The van der Waals surface area contributed by atoms with Crippen LogP contribution in [0.3, 0.4) is 0 Å². The maximum absolute atomic E-state index is 11.4. The Morgan fingerprint density at radius 3 is 2.47 bits per heavy atom. The van der Waals surface area contributed by atoms with Crippen LogP contribution < -0.4 is 5.32 Å². The van der Waals surface area contributed by atoms with Crippen molar-refractivity contribution in [1.29, 1.82) is 0 Å². The lowest BCUT2D eigenvalue weighted by atomic mass is 9.93. The molecule has 0 unspecified atom stereocenters. The maximum atomic E-state index is 11.4. The molecule has 4 atom stereocenters. The zero-order chi connectivity index (χ0) is 25.2. The highest BCUT2D eigenvalue weighted by atomic mass is 16.5. The molecule has 1 saturated carbocycles. The smallest absolute Gasteiger partial charge is 0.219 e. The van der Waals surface area contributed by atoms with Gasteiger partial charge in [0.1, 0.15) is 0 Å². The normalized spacial score (nSPS) is 24.8. The van der Waals surface area contributed by atoms with E-state index in [-0.39, 0.29) is 30.1 Å². The largest absolute Gasteiger partial charge is 0.391 e. The molecule has 4 rings (SSSR count). The number of allylic oxidation sites excluding steroid dienone is 2. The van der Waals surface area contributed by atoms with Gasteiger partial charge in [-0.05, 0) is 61.9 Å². The van der Waals surface area contributed by atoms with Crippen molar-refractivity contribution in [2.75, 3.05) is 20.1 Å². The molecule has 5 nitrogen and oxygen atoms in total. The number of nitrogens with one attached hydrogen (secondary N) is 1. The number of unbranched alkanes of at least 4 members (excludes halogenated alkanes) is 1. The van der Waals surface area contributed by atoms with Crippen LogP contribution in [0.1, 0.15) is 56.9 Å². The van der Waals surface area contributed by atoms with E-state index >= 15 is 0 Å². The Kier molecular flexibility index (Phi) is 10.1. The fourth-order valence-corrected chi connectivity index (χ4v) is 5.77. The van der Waals surface area contributed by atoms with E-state index in [1.165, 1.54) is 30.4 Å². The minimum absolute atomic E-state index is 0.0382. The molecule has 1 aliphatic heterocycles. The highest BCUT2D eigenvalue weighted by Gasteiger charge is 2.45. The summed E-state index contributed by atoms with van der Waals surface area (Å²) in [5.74, 6) is 0.370. The van der Waals surface area contributed by atoms with Crippen molar-refractivity contribution in [2.24, 2.45) is 5.92 Å². The van der Waals surface area contributed by atoms with Gasteiger partial charge in [-0.3, -0.25) is 9.69 Å². The Bertz CT molecular complexity index is 954. The van der Waals surface area contributed by atoms with Gasteiger partial charge in [-0.25, -0.2) is 0 Å². The summed E-state index contributed by atoms with van der Waals surface area (Å²) in [5.41, 5.74) is 3.59. The van der Waals surface area contributed by atoms with Gasteiger partial charge in [0.25, 0.3) is 0 Å². The van der Waals surface area contributed by atoms with Crippen LogP contribution in [-0.2, 0) is 16.1 Å². The van der Waals surface area contributed by atoms with E-state index in [0.29, 0.717) is 19.4 Å². The summed E-state index contributed by atoms with van der Waals surface area (Å²) >= 11 is 0. The average Bonchev–Trinajstić information content (AvgIpc) is 3.25. The van der Waals surface area contributed by atoms with Crippen LogP contribution in [0.15, 0.2) is 66.7 Å². The second-order valence-corrected chi connectivity index (χ2v) is 10.2. The van der Waals surface area contributed by atoms with Crippen molar-refractivity contribution in [3.63, 3.8) is 0 Å². The molecule has 2 fully saturated rings. The Morgan fingerprint density at radius 2 is 1.75 bits per heavy atom. The fourth-order valence-electron chi connectivity index (χ4n) is 5.77. The molecule has 0 aromatic heterocycles. The number of aliphatic hydroxyl groups is 1. The van der Waals surface area contributed by atoms with E-state index < -0.39 is 0 Å². The summed E-state index contributed by atoms with van der Waals surface area (Å²) in [5, 5.41) is 13.8. The van der Waals surface area contributed by atoms with Crippen LogP contribution in [0.4, 0.5) is 0 Å². The lowest BCUT2D eigenvalue weighted by molar-refractivity contribution is -0.120. The number of nitrogens with zero attached hydrogens (tertiary/aromatic N) is 1. The molecule has 2 aromatic carbocycles. The summed E-state index contributed by atoms with van der Waals surface area (Å²) in [7, 11) is 1.68. The number of likely N-dealkylation sites (tertiary alicyclic amines) is 1. The maximum Gasteiger partial charge on any atom is 0.219 e. The van der Waals surface area contributed by atoms with Crippen LogP contribution in [0.2, 0.25) is 0 Å². The minimum Gasteiger partial charge on any atom is -0.391 e. The van der Waals surface area contributed by atoms with Crippen LogP contribution in [-0.4, -0.2) is 54.3 Å². The van der Waals surface area contributed by atoms with Crippen molar-refractivity contribution >= 4 is 5.91 Å². The van der Waals surface area contributed by atoms with Gasteiger partial charge >= 0.3 is 0 Å². The second-order valence-electron chi connectivity index (χ2n) is 10.2. The number of hydrogen-bond acceptors (Lipinski definition) is 4. The van der Waals surface area contributed by atoms with Crippen LogP contribution in [0.5, 0.6) is 0 Å². The Hall–Kier alpha value is -2.47. The van der Waals surface area contributed by atoms with Crippen molar-refractivity contribution in [2.45, 2.75) is 76.2 Å². The molecule has 1 heterocycles. The number of ether oxygens (including phenoxy) is 1. The number of hydrogen-bond donors (Lipinski definition) is 2. The molecular formula is C31H42N2O3. The molecule has 5 heteroatoms. The molecule has 0 radical (unpaired) electrons. The SMILES string of the molecule is CNC(=O)CCCC=CC[C@@H]1[C@@H](N2CCCCC2)[C@H](O)C[C@@H]1OCc1ccc(-c2ccccc2)cc1. The van der Waals surface area contributed by atoms with Gasteiger partial charge in [0, 0.05) is 31.8 Å². The van der Waals surface area contributed by atoms with Crippen molar-refractivity contribution < 1.29 is 14.6 Å². The van der Waals surface area contributed by atoms with E-state index in [1.54, 1.807) is 7.05 Å². The molecule has 0 spiro atoms. The first-order chi connectivity index (χ1) is 17.7. The standard InChI is InChI=1S/C31H42N2O3/c1-32-30(35)15-9-3-2-8-14-27-29(22-28(34)31(27)33-20-10-5-11-21-33)36-23-24-16-18-26(19-17-24)25-12-6-4-7-13-25/h2,4,6-8,12-13,16-19,27-29,31,34H,3,5,9-11,14-15,20-23H2,1H3,(H,32,35)/t27-,28+,29-,31+/m0/s1. The first-order valence-electron chi connectivity index (χ1n) is 13.7. The lowest BCUT2D eigenvalue weighted by Crippen LogP contribution is -2.47. The first-order valence-corrected chi connectivity index (χ1v) is 13.7. The zero-order valence-electron chi connectivity index (χ0n) is 21.6. The molecule has 194 valence electrons. The Morgan fingerprint density at radius 1 is 1.03 bits per heavy atom. The number of piperidine rings is 1. The Labute approximate surface area is 216 Å². The van der Waals surface area contributed by atoms with Crippen LogP contribution >= 0.6 is 0 Å². The number of carbonyl (C=O) groups is 1. The molecule has 1 aliphatic carbocycles. The van der Waals surface area contributed by atoms with Gasteiger partial charge in [0.05, 0.1) is 18.8 Å². The van der Waals surface area contributed by atoms with E-state index in [0.717, 1.165) is 37.9 Å². The highest BCUT2D eigenvalue weighted by Crippen LogP contribution is 2.37. The summed E-state index contributed by atoms with van der Waals surface area (Å²) in [4.78, 5) is 14.0. The topological polar surface area (TPSA) is 61.8 Å². The van der Waals surface area contributed by atoms with Gasteiger partial charge in [-0.2, -0.15) is 0 Å². The van der Waals surface area contributed by atoms with Crippen molar-refractivity contribution in [1.82, 2.24) is 10.2 Å². The zero-order valence-corrected chi connectivity index (χ0v) is 21.6. The Balaban J connectivity index is 1.37. The molecular weight excluding hydrogens is 448 g/mol. The lowest BCUT2D eigenvalue weighted by Gasteiger charge is -2.37. The van der Waals surface area contributed by atoms with E-state index in [1.807, 2.05) is 6.07 Å². The molecule has 36 heavy (non-hydrogen) atoms. The van der Waals surface area contributed by atoms with Gasteiger partial charge in [-0.15, -0.1) is 0 Å². The quantitative estimate of drug-likeness (QED) is 0.330. The molecule has 0 bridgehead atoms. The predicted octanol–water partition coefficient (Wildman–Crippen LogP) is 5.34. The van der Waals surface area contributed by atoms with Gasteiger partial charge in [0.15, 0.2) is 0 Å². The summed E-state index contributed by atoms with van der Waals surface area (Å²) < 4.78 is 6.49. The third-order valence-electron chi connectivity index (χ3n) is 7.75. The predicted molar refractivity (Wildman–Crippen MR) is 145 cm³/mol. The number of amides is 1. The monoisotopic (exact) mass is 490 g/mol. The van der Waals surface area contributed by atoms with Crippen LogP contribution in [0, 0.1) is 5.92 Å². The minimum atomic E-state index is -0.347. The van der Waals surface area contributed by atoms with Gasteiger partial charge in [0.2, 0.25) is 5.91 Å². The number of rotatable bonds is 11. The number of aliphatic hydroxyl groups excluding tert-OH is 1. The first kappa shape index (κ1) is 26.6. The molecule has 1 amide bonds. The van der Waals surface area contributed by atoms with Crippen molar-refractivity contribution in [3.05, 3.63) is 72.3 Å². The average molecular weight is 491 g/mol. The molecule has 2 N–H and O–H groups in total. The molecule has 1 saturated heterocycles. The molecule has 2 aliphatic rings. The number of benzene rings is 2. The summed E-state index contributed by atoms with van der Waals surface area (Å²) in [6, 6.07) is 19.2. The van der Waals surface area contributed by atoms with Gasteiger partial charge in [-0.1, -0.05) is 73.2 Å². The fraction of sp³-hybridized carbons (Fsp3) is 0.516. The third kappa shape index (κ3) is 7.28. The van der Waals surface area contributed by atoms with E-state index in [4.69, 9.17) is 4.74 Å².